The van der Waals surface area contributed by atoms with Gasteiger partial charge in [0.1, 0.15) is 0 Å². The summed E-state index contributed by atoms with van der Waals surface area (Å²) in [5, 5.41) is 5.99. The lowest BCUT2D eigenvalue weighted by Gasteiger charge is -2.32. The highest BCUT2D eigenvalue weighted by Gasteiger charge is 2.24. The number of likely N-dealkylation sites (tertiary alicyclic amines) is 1. The van der Waals surface area contributed by atoms with E-state index in [1.54, 1.807) is 11.1 Å². The van der Waals surface area contributed by atoms with Gasteiger partial charge in [0.05, 0.1) is 6.54 Å². The Balaban J connectivity index is 1.37. The van der Waals surface area contributed by atoms with E-state index in [9.17, 15) is 9.59 Å². The first-order valence-corrected chi connectivity index (χ1v) is 9.58. The van der Waals surface area contributed by atoms with Crippen LogP contribution in [-0.4, -0.2) is 59.4 Å². The molecule has 2 heterocycles. The van der Waals surface area contributed by atoms with E-state index < -0.39 is 0 Å². The van der Waals surface area contributed by atoms with Crippen LogP contribution in [0.5, 0.6) is 0 Å². The largest absolute Gasteiger partial charge is 0.352 e. The van der Waals surface area contributed by atoms with Crippen molar-refractivity contribution in [1.82, 2.24) is 20.1 Å². The van der Waals surface area contributed by atoms with Crippen LogP contribution in [0.4, 0.5) is 10.5 Å². The number of benzene rings is 1. The summed E-state index contributed by atoms with van der Waals surface area (Å²) in [5.41, 5.74) is 1.87. The lowest BCUT2D eigenvalue weighted by molar-refractivity contribution is -0.123. The van der Waals surface area contributed by atoms with E-state index in [-0.39, 0.29) is 18.0 Å². The topological polar surface area (TPSA) is 77.6 Å². The number of piperidine rings is 1. The number of nitrogens with zero attached hydrogens (tertiary/aromatic N) is 3. The molecule has 0 unspecified atom stereocenters. The van der Waals surface area contributed by atoms with Crippen LogP contribution in [0.3, 0.4) is 0 Å². The molecule has 1 aromatic heterocycles. The van der Waals surface area contributed by atoms with Crippen molar-refractivity contribution in [3.8, 4) is 0 Å². The van der Waals surface area contributed by atoms with Crippen LogP contribution in [0.25, 0.3) is 0 Å². The van der Waals surface area contributed by atoms with Crippen LogP contribution in [0, 0.1) is 0 Å². The summed E-state index contributed by atoms with van der Waals surface area (Å²) in [6.45, 7) is 2.28. The van der Waals surface area contributed by atoms with E-state index in [1.165, 1.54) is 0 Å². The van der Waals surface area contributed by atoms with E-state index in [0.29, 0.717) is 26.2 Å². The van der Waals surface area contributed by atoms with Gasteiger partial charge in [-0.3, -0.25) is 14.7 Å². The Labute approximate surface area is 165 Å². The Kier molecular flexibility index (Phi) is 6.97. The van der Waals surface area contributed by atoms with Crippen molar-refractivity contribution in [2.75, 3.05) is 32.0 Å². The van der Waals surface area contributed by atoms with Crippen molar-refractivity contribution in [1.29, 1.82) is 0 Å². The standard InChI is InChI=1S/C21H27N5O2/c1-25(15-17-6-5-11-22-14-17)16-20(27)23-19-9-12-26(13-10-19)21(28)24-18-7-3-2-4-8-18/h2-8,11,14,19H,9-10,12-13,15-16H2,1H3,(H,23,27)(H,24,28). The molecule has 0 atom stereocenters. The van der Waals surface area contributed by atoms with Crippen LogP contribution in [0.1, 0.15) is 18.4 Å². The minimum Gasteiger partial charge on any atom is -0.352 e. The third-order valence-electron chi connectivity index (χ3n) is 4.76. The van der Waals surface area contributed by atoms with E-state index >= 15 is 0 Å². The molecule has 28 heavy (non-hydrogen) atoms. The number of pyridine rings is 1. The van der Waals surface area contributed by atoms with Gasteiger partial charge in [0.15, 0.2) is 0 Å². The predicted octanol–water partition coefficient (Wildman–Crippen LogP) is 2.33. The summed E-state index contributed by atoms with van der Waals surface area (Å²) in [7, 11) is 1.92. The number of anilines is 1. The third kappa shape index (κ3) is 6.06. The SMILES string of the molecule is CN(CC(=O)NC1CCN(C(=O)Nc2ccccc2)CC1)Cc1cccnc1. The molecular weight excluding hydrogens is 354 g/mol. The fourth-order valence-electron chi connectivity index (χ4n) is 3.33. The predicted molar refractivity (Wildman–Crippen MR) is 109 cm³/mol. The van der Waals surface area contributed by atoms with Crippen LogP contribution in [0.15, 0.2) is 54.9 Å². The van der Waals surface area contributed by atoms with Gasteiger partial charge in [-0.05, 0) is 43.7 Å². The number of rotatable bonds is 6. The molecule has 1 aliphatic heterocycles. The minimum absolute atomic E-state index is 0.0126. The Morgan fingerprint density at radius 2 is 1.89 bits per heavy atom. The van der Waals surface area contributed by atoms with Crippen molar-refractivity contribution in [3.05, 3.63) is 60.4 Å². The lowest BCUT2D eigenvalue weighted by Crippen LogP contribution is -2.49. The molecule has 7 nitrogen and oxygen atoms in total. The monoisotopic (exact) mass is 381 g/mol. The van der Waals surface area contributed by atoms with Crippen molar-refractivity contribution in [2.24, 2.45) is 0 Å². The number of hydrogen-bond acceptors (Lipinski definition) is 4. The molecule has 1 saturated heterocycles. The molecule has 3 amide bonds. The summed E-state index contributed by atoms with van der Waals surface area (Å²) in [6, 6.07) is 13.3. The van der Waals surface area contributed by atoms with Gasteiger partial charge in [-0.25, -0.2) is 4.79 Å². The normalized spacial score (nSPS) is 14.7. The number of urea groups is 1. The van der Waals surface area contributed by atoms with Gasteiger partial charge in [0, 0.05) is 43.8 Å². The maximum absolute atomic E-state index is 12.3. The summed E-state index contributed by atoms with van der Waals surface area (Å²) < 4.78 is 0. The van der Waals surface area contributed by atoms with Crippen LogP contribution >= 0.6 is 0 Å². The fourth-order valence-corrected chi connectivity index (χ4v) is 3.33. The summed E-state index contributed by atoms with van der Waals surface area (Å²) >= 11 is 0. The molecule has 3 rings (SSSR count). The molecule has 2 N–H and O–H groups in total. The number of carbonyl (C=O) groups is 2. The van der Waals surface area contributed by atoms with Gasteiger partial charge in [-0.2, -0.15) is 0 Å². The molecule has 1 aromatic carbocycles. The molecule has 148 valence electrons. The molecule has 2 aromatic rings. The van der Waals surface area contributed by atoms with E-state index in [0.717, 1.165) is 24.1 Å². The molecule has 1 fully saturated rings. The number of amides is 3. The lowest BCUT2D eigenvalue weighted by atomic mass is 10.1. The summed E-state index contributed by atoms with van der Waals surface area (Å²) in [6.07, 6.45) is 5.08. The average molecular weight is 381 g/mol. The van der Waals surface area contributed by atoms with Crippen LogP contribution in [0.2, 0.25) is 0 Å². The Bertz CT molecular complexity index is 761. The molecule has 0 saturated carbocycles. The van der Waals surface area contributed by atoms with E-state index in [2.05, 4.69) is 15.6 Å². The Morgan fingerprint density at radius 1 is 1.14 bits per heavy atom. The smallest absolute Gasteiger partial charge is 0.321 e. The zero-order valence-electron chi connectivity index (χ0n) is 16.2. The zero-order chi connectivity index (χ0) is 19.8. The first-order valence-electron chi connectivity index (χ1n) is 9.58. The number of nitrogens with one attached hydrogen (secondary N) is 2. The highest BCUT2D eigenvalue weighted by atomic mass is 16.2. The second-order valence-corrected chi connectivity index (χ2v) is 7.16. The minimum atomic E-state index is -0.0906. The first kappa shape index (κ1) is 19.8. The molecule has 7 heteroatoms. The van der Waals surface area contributed by atoms with Crippen molar-refractivity contribution in [3.63, 3.8) is 0 Å². The maximum atomic E-state index is 12.3. The van der Waals surface area contributed by atoms with Crippen molar-refractivity contribution >= 4 is 17.6 Å². The van der Waals surface area contributed by atoms with Gasteiger partial charge in [0.25, 0.3) is 0 Å². The molecule has 0 aliphatic carbocycles. The summed E-state index contributed by atoms with van der Waals surface area (Å²) in [5.74, 6) is 0.0126. The molecule has 1 aliphatic rings. The number of para-hydroxylation sites is 1. The van der Waals surface area contributed by atoms with E-state index in [1.807, 2.05) is 60.6 Å². The second-order valence-electron chi connectivity index (χ2n) is 7.16. The summed E-state index contributed by atoms with van der Waals surface area (Å²) in [4.78, 5) is 32.5. The van der Waals surface area contributed by atoms with E-state index in [4.69, 9.17) is 0 Å². The second kappa shape index (κ2) is 9.85. The van der Waals surface area contributed by atoms with Crippen LogP contribution in [-0.2, 0) is 11.3 Å². The first-order chi connectivity index (χ1) is 13.6. The number of aromatic nitrogens is 1. The molecular formula is C21H27N5O2. The Hall–Kier alpha value is -2.93. The average Bonchev–Trinajstić information content (AvgIpc) is 2.70. The van der Waals surface area contributed by atoms with Gasteiger partial charge in [0.2, 0.25) is 5.91 Å². The molecule has 0 radical (unpaired) electrons. The maximum Gasteiger partial charge on any atom is 0.321 e. The van der Waals surface area contributed by atoms with Gasteiger partial charge < -0.3 is 15.5 Å². The number of carbonyl (C=O) groups excluding carboxylic acids is 2. The fraction of sp³-hybridized carbons (Fsp3) is 0.381. The Morgan fingerprint density at radius 3 is 2.57 bits per heavy atom. The van der Waals surface area contributed by atoms with Gasteiger partial charge in [-0.15, -0.1) is 0 Å². The molecule has 0 bridgehead atoms. The van der Waals surface area contributed by atoms with Crippen molar-refractivity contribution in [2.45, 2.75) is 25.4 Å². The highest BCUT2D eigenvalue weighted by Crippen LogP contribution is 2.13. The quantitative estimate of drug-likeness (QED) is 0.805. The van der Waals surface area contributed by atoms with Gasteiger partial charge >= 0.3 is 6.03 Å². The van der Waals surface area contributed by atoms with Crippen LogP contribution < -0.4 is 10.6 Å². The van der Waals surface area contributed by atoms with Gasteiger partial charge in [-0.1, -0.05) is 24.3 Å². The highest BCUT2D eigenvalue weighted by molar-refractivity contribution is 5.89. The number of hydrogen-bond donors (Lipinski definition) is 2. The molecule has 0 spiro atoms. The van der Waals surface area contributed by atoms with Crippen molar-refractivity contribution < 1.29 is 9.59 Å². The zero-order valence-corrected chi connectivity index (χ0v) is 16.2. The third-order valence-corrected chi connectivity index (χ3v) is 4.76. The number of likely N-dealkylation sites (N-methyl/N-ethyl adjacent to an activating group) is 1.